The van der Waals surface area contributed by atoms with Crippen molar-refractivity contribution in [1.82, 2.24) is 9.47 Å². The molecule has 0 radical (unpaired) electrons. The molecule has 0 saturated carbocycles. The molecule has 2 heterocycles. The zero-order chi connectivity index (χ0) is 24.0. The Morgan fingerprint density at radius 3 is 2.00 bits per heavy atom. The zero-order valence-electron chi connectivity index (χ0n) is 20.8. The normalized spacial score (nSPS) is 15.3. The van der Waals surface area contributed by atoms with Crippen LogP contribution < -0.4 is 4.74 Å². The maximum atomic E-state index is 6.72. The fourth-order valence-corrected chi connectivity index (χ4v) is 5.06. The van der Waals surface area contributed by atoms with E-state index < -0.39 is 0 Å². The van der Waals surface area contributed by atoms with Crippen molar-refractivity contribution in [3.8, 4) is 5.75 Å². The summed E-state index contributed by atoms with van der Waals surface area (Å²) in [6, 6.07) is 29.7. The van der Waals surface area contributed by atoms with Crippen LogP contribution in [0, 0.1) is 0 Å². The number of aromatic nitrogens is 1. The van der Waals surface area contributed by atoms with Crippen LogP contribution in [-0.4, -0.2) is 41.3 Å². The number of piperidine rings is 1. The van der Waals surface area contributed by atoms with Crippen LogP contribution in [0.2, 0.25) is 0 Å². The van der Waals surface area contributed by atoms with E-state index in [4.69, 9.17) is 9.47 Å². The molecule has 5 rings (SSSR count). The molecule has 0 unspecified atom stereocenters. The maximum Gasteiger partial charge on any atom is 0.145 e. The Hall–Kier alpha value is -3.08. The highest BCUT2D eigenvalue weighted by Crippen LogP contribution is 2.31. The van der Waals surface area contributed by atoms with Gasteiger partial charge in [-0.25, -0.2) is 0 Å². The topological polar surface area (TPSA) is 26.6 Å². The number of likely N-dealkylation sites (tertiary alicyclic amines) is 1. The number of rotatable bonds is 9. The van der Waals surface area contributed by atoms with Gasteiger partial charge in [-0.2, -0.15) is 0 Å². The SMILES string of the molecule is CC(C)Oc1cn(CCN2CCC(OC(c3ccccc3)c3ccccc3)CC2)c2ccccc12. The minimum absolute atomic E-state index is 0.0143. The van der Waals surface area contributed by atoms with Crippen LogP contribution in [0.15, 0.2) is 91.1 Å². The molecule has 4 aromatic rings. The highest BCUT2D eigenvalue weighted by atomic mass is 16.5. The quantitative estimate of drug-likeness (QED) is 0.273. The summed E-state index contributed by atoms with van der Waals surface area (Å²) in [5.41, 5.74) is 3.69. The molecule has 0 bridgehead atoms. The molecular formula is C31H36N2O2. The Bertz CT molecular complexity index is 1160. The van der Waals surface area contributed by atoms with Crippen LogP contribution in [0.25, 0.3) is 10.9 Å². The van der Waals surface area contributed by atoms with E-state index in [0.717, 1.165) is 44.8 Å². The van der Waals surface area contributed by atoms with Crippen LogP contribution >= 0.6 is 0 Å². The smallest absolute Gasteiger partial charge is 0.145 e. The Kier molecular flexibility index (Phi) is 7.51. The van der Waals surface area contributed by atoms with Crippen LogP contribution in [0.4, 0.5) is 0 Å². The molecule has 0 N–H and O–H groups in total. The van der Waals surface area contributed by atoms with Gasteiger partial charge in [-0.3, -0.25) is 0 Å². The van der Waals surface area contributed by atoms with Gasteiger partial charge in [-0.15, -0.1) is 0 Å². The van der Waals surface area contributed by atoms with Gasteiger partial charge in [0.1, 0.15) is 11.9 Å². The number of hydrogen-bond donors (Lipinski definition) is 0. The van der Waals surface area contributed by atoms with E-state index in [1.165, 1.54) is 22.0 Å². The van der Waals surface area contributed by atoms with Gasteiger partial charge in [0.2, 0.25) is 0 Å². The number of para-hydroxylation sites is 1. The zero-order valence-corrected chi connectivity index (χ0v) is 20.8. The Morgan fingerprint density at radius 1 is 0.771 bits per heavy atom. The number of benzene rings is 3. The van der Waals surface area contributed by atoms with Crippen LogP contribution in [0.1, 0.15) is 43.9 Å². The second-order valence-corrected chi connectivity index (χ2v) is 9.75. The highest BCUT2D eigenvalue weighted by molar-refractivity contribution is 5.86. The summed E-state index contributed by atoms with van der Waals surface area (Å²) in [4.78, 5) is 2.57. The van der Waals surface area contributed by atoms with Gasteiger partial charge in [-0.05, 0) is 49.9 Å². The van der Waals surface area contributed by atoms with E-state index in [1.807, 2.05) is 0 Å². The molecular weight excluding hydrogens is 432 g/mol. The third-order valence-electron chi connectivity index (χ3n) is 6.84. The molecule has 1 saturated heterocycles. The lowest BCUT2D eigenvalue weighted by molar-refractivity contribution is -0.0272. The molecule has 1 fully saturated rings. The fourth-order valence-electron chi connectivity index (χ4n) is 5.06. The number of hydrogen-bond acceptors (Lipinski definition) is 3. The van der Waals surface area contributed by atoms with E-state index in [1.54, 1.807) is 0 Å². The van der Waals surface area contributed by atoms with E-state index in [9.17, 15) is 0 Å². The van der Waals surface area contributed by atoms with E-state index in [2.05, 4.69) is 114 Å². The molecule has 1 aromatic heterocycles. The van der Waals surface area contributed by atoms with E-state index in [-0.39, 0.29) is 18.3 Å². The monoisotopic (exact) mass is 468 g/mol. The maximum absolute atomic E-state index is 6.72. The number of nitrogens with zero attached hydrogens (tertiary/aromatic N) is 2. The van der Waals surface area contributed by atoms with Crippen LogP contribution in [0.5, 0.6) is 5.75 Å². The van der Waals surface area contributed by atoms with Crippen molar-refractivity contribution in [2.45, 2.75) is 51.5 Å². The molecule has 4 nitrogen and oxygen atoms in total. The first kappa shape index (κ1) is 23.7. The van der Waals surface area contributed by atoms with Crippen molar-refractivity contribution in [3.63, 3.8) is 0 Å². The summed E-state index contributed by atoms with van der Waals surface area (Å²) in [5.74, 6) is 0.982. The van der Waals surface area contributed by atoms with Gasteiger partial charge in [0, 0.05) is 37.8 Å². The largest absolute Gasteiger partial charge is 0.489 e. The predicted octanol–water partition coefficient (Wildman–Crippen LogP) is 6.70. The Morgan fingerprint density at radius 2 is 1.37 bits per heavy atom. The molecule has 0 amide bonds. The average molecular weight is 469 g/mol. The lowest BCUT2D eigenvalue weighted by Gasteiger charge is -2.34. The van der Waals surface area contributed by atoms with Gasteiger partial charge >= 0.3 is 0 Å². The summed E-state index contributed by atoms with van der Waals surface area (Å²) in [7, 11) is 0. The highest BCUT2D eigenvalue weighted by Gasteiger charge is 2.25. The first-order chi connectivity index (χ1) is 17.2. The molecule has 0 aliphatic carbocycles. The third-order valence-corrected chi connectivity index (χ3v) is 6.84. The molecule has 182 valence electrons. The minimum Gasteiger partial charge on any atom is -0.489 e. The summed E-state index contributed by atoms with van der Waals surface area (Å²) in [5, 5.41) is 1.20. The van der Waals surface area contributed by atoms with Crippen molar-refractivity contribution in [2.24, 2.45) is 0 Å². The number of ether oxygens (including phenoxy) is 2. The van der Waals surface area contributed by atoms with Crippen molar-refractivity contribution in [1.29, 1.82) is 0 Å². The minimum atomic E-state index is -0.0143. The Labute approximate surface area is 209 Å². The van der Waals surface area contributed by atoms with Crippen LogP contribution in [0.3, 0.4) is 0 Å². The van der Waals surface area contributed by atoms with Gasteiger partial charge < -0.3 is 18.9 Å². The first-order valence-electron chi connectivity index (χ1n) is 12.9. The lowest BCUT2D eigenvalue weighted by atomic mass is 10.00. The summed E-state index contributed by atoms with van der Waals surface area (Å²) >= 11 is 0. The molecule has 3 aromatic carbocycles. The molecule has 1 aliphatic heterocycles. The second-order valence-electron chi connectivity index (χ2n) is 9.75. The summed E-state index contributed by atoms with van der Waals surface area (Å²) in [6.45, 7) is 8.29. The van der Waals surface area contributed by atoms with Gasteiger partial charge in [0.25, 0.3) is 0 Å². The first-order valence-corrected chi connectivity index (χ1v) is 12.9. The van der Waals surface area contributed by atoms with Gasteiger partial charge in [-0.1, -0.05) is 72.8 Å². The fraction of sp³-hybridized carbons (Fsp3) is 0.355. The van der Waals surface area contributed by atoms with Crippen molar-refractivity contribution in [3.05, 3.63) is 102 Å². The van der Waals surface area contributed by atoms with Crippen molar-refractivity contribution >= 4 is 10.9 Å². The molecule has 4 heteroatoms. The van der Waals surface area contributed by atoms with Crippen molar-refractivity contribution in [2.75, 3.05) is 19.6 Å². The molecule has 1 aliphatic rings. The summed E-state index contributed by atoms with van der Waals surface area (Å²) < 4.78 is 15.1. The third kappa shape index (κ3) is 5.77. The summed E-state index contributed by atoms with van der Waals surface area (Å²) in [6.07, 6.45) is 4.72. The standard InChI is InChI=1S/C31H36N2O2/c1-24(2)34-30-23-33(29-16-10-9-15-28(29)30)22-21-32-19-17-27(18-20-32)35-31(25-11-5-3-6-12-25)26-13-7-4-8-14-26/h3-16,23-24,27,31H,17-22H2,1-2H3. The van der Waals surface area contributed by atoms with Crippen molar-refractivity contribution < 1.29 is 9.47 Å². The molecule has 0 atom stereocenters. The van der Waals surface area contributed by atoms with Crippen LogP contribution in [-0.2, 0) is 11.3 Å². The van der Waals surface area contributed by atoms with E-state index >= 15 is 0 Å². The van der Waals surface area contributed by atoms with Gasteiger partial charge in [0.15, 0.2) is 0 Å². The Balaban J connectivity index is 1.19. The number of fused-ring (bicyclic) bond motifs is 1. The van der Waals surface area contributed by atoms with Gasteiger partial charge in [0.05, 0.1) is 17.7 Å². The predicted molar refractivity (Wildman–Crippen MR) is 143 cm³/mol. The lowest BCUT2D eigenvalue weighted by Crippen LogP contribution is -2.39. The average Bonchev–Trinajstić information content (AvgIpc) is 3.24. The molecule has 0 spiro atoms. The second kappa shape index (κ2) is 11.1. The molecule has 35 heavy (non-hydrogen) atoms. The van der Waals surface area contributed by atoms with E-state index in [0.29, 0.717) is 0 Å².